The summed E-state index contributed by atoms with van der Waals surface area (Å²) in [6.07, 6.45) is 0.642. The average Bonchev–Trinajstić information content (AvgIpc) is 3.10. The molecule has 0 aliphatic heterocycles. The highest BCUT2D eigenvalue weighted by Crippen LogP contribution is 2.34. The van der Waals surface area contributed by atoms with E-state index in [1.165, 1.54) is 11.8 Å². The third kappa shape index (κ3) is 3.18. The molecular weight excluding hydrogens is 390 g/mol. The van der Waals surface area contributed by atoms with Gasteiger partial charge in [0.15, 0.2) is 0 Å². The van der Waals surface area contributed by atoms with Gasteiger partial charge in [0.2, 0.25) is 5.91 Å². The standard InChI is InChI=1S/C25H23N3OS/c1-5-23(30-24-20(14-26)16(3)15(2)17(4)27-24)25(29)28-21-12-8-6-10-18(21)19-11-7-9-13-22(19)28/h6-13,23H,5H2,1-4H3. The number of carbonyl (C=O) groups is 1. The monoisotopic (exact) mass is 413 g/mol. The van der Waals surface area contributed by atoms with E-state index in [1.807, 2.05) is 68.7 Å². The first-order valence-corrected chi connectivity index (χ1v) is 10.9. The molecule has 1 atom stereocenters. The normalized spacial score (nSPS) is 12.2. The lowest BCUT2D eigenvalue weighted by Crippen LogP contribution is -2.24. The van der Waals surface area contributed by atoms with Gasteiger partial charge in [0.05, 0.1) is 21.8 Å². The Morgan fingerprint density at radius 1 is 1.03 bits per heavy atom. The highest BCUT2D eigenvalue weighted by Gasteiger charge is 2.26. The van der Waals surface area contributed by atoms with Crippen molar-refractivity contribution in [1.29, 1.82) is 5.26 Å². The molecule has 0 aliphatic rings. The van der Waals surface area contributed by atoms with Gasteiger partial charge < -0.3 is 0 Å². The summed E-state index contributed by atoms with van der Waals surface area (Å²) in [4.78, 5) is 18.4. The van der Waals surface area contributed by atoms with Gasteiger partial charge in [0, 0.05) is 16.5 Å². The van der Waals surface area contributed by atoms with Crippen molar-refractivity contribution in [3.63, 3.8) is 0 Å². The van der Waals surface area contributed by atoms with Crippen molar-refractivity contribution in [2.45, 2.75) is 44.4 Å². The fraction of sp³-hybridized carbons (Fsp3) is 0.240. The van der Waals surface area contributed by atoms with Crippen LogP contribution >= 0.6 is 11.8 Å². The van der Waals surface area contributed by atoms with E-state index in [0.29, 0.717) is 17.0 Å². The Morgan fingerprint density at radius 3 is 2.13 bits per heavy atom. The third-order valence-corrected chi connectivity index (χ3v) is 7.11. The highest BCUT2D eigenvalue weighted by atomic mass is 32.2. The Morgan fingerprint density at radius 2 is 1.60 bits per heavy atom. The molecule has 2 aromatic carbocycles. The Hall–Kier alpha value is -3.10. The van der Waals surface area contributed by atoms with Gasteiger partial charge in [-0.15, -0.1) is 0 Å². The highest BCUT2D eigenvalue weighted by molar-refractivity contribution is 8.00. The van der Waals surface area contributed by atoms with Gasteiger partial charge in [-0.05, 0) is 50.5 Å². The number of fused-ring (bicyclic) bond motifs is 3. The summed E-state index contributed by atoms with van der Waals surface area (Å²) in [7, 11) is 0. The van der Waals surface area contributed by atoms with Gasteiger partial charge >= 0.3 is 0 Å². The first-order valence-electron chi connectivity index (χ1n) is 10.0. The molecule has 4 rings (SSSR count). The number of aryl methyl sites for hydroxylation is 1. The second kappa shape index (κ2) is 7.97. The van der Waals surface area contributed by atoms with E-state index in [2.05, 4.69) is 23.2 Å². The van der Waals surface area contributed by atoms with Crippen molar-refractivity contribution in [3.05, 3.63) is 70.9 Å². The number of thioether (sulfide) groups is 1. The van der Waals surface area contributed by atoms with E-state index in [-0.39, 0.29) is 11.2 Å². The molecule has 0 aliphatic carbocycles. The van der Waals surface area contributed by atoms with E-state index >= 15 is 0 Å². The van der Waals surface area contributed by atoms with Crippen molar-refractivity contribution in [1.82, 2.24) is 9.55 Å². The zero-order valence-corrected chi connectivity index (χ0v) is 18.4. The molecule has 0 fully saturated rings. The van der Waals surface area contributed by atoms with Crippen LogP contribution in [0.4, 0.5) is 0 Å². The first-order chi connectivity index (χ1) is 14.5. The fourth-order valence-corrected chi connectivity index (χ4v) is 5.02. The summed E-state index contributed by atoms with van der Waals surface area (Å²) in [5.41, 5.74) is 5.24. The number of rotatable bonds is 4. The van der Waals surface area contributed by atoms with E-state index in [0.717, 1.165) is 38.6 Å². The van der Waals surface area contributed by atoms with Crippen LogP contribution in [-0.2, 0) is 0 Å². The van der Waals surface area contributed by atoms with Crippen molar-refractivity contribution < 1.29 is 4.79 Å². The minimum absolute atomic E-state index is 0.0153. The van der Waals surface area contributed by atoms with Gasteiger partial charge in [-0.25, -0.2) is 4.98 Å². The van der Waals surface area contributed by atoms with Crippen LogP contribution in [0, 0.1) is 32.1 Å². The molecule has 0 amide bonds. The number of nitriles is 1. The van der Waals surface area contributed by atoms with Crippen molar-refractivity contribution >= 4 is 39.5 Å². The molecule has 0 radical (unpaired) electrons. The van der Waals surface area contributed by atoms with Crippen LogP contribution in [0.15, 0.2) is 53.6 Å². The smallest absolute Gasteiger partial charge is 0.245 e. The third-order valence-electron chi connectivity index (χ3n) is 5.78. The zero-order valence-electron chi connectivity index (χ0n) is 17.6. The second-order valence-electron chi connectivity index (χ2n) is 7.46. The van der Waals surface area contributed by atoms with E-state index in [4.69, 9.17) is 0 Å². The molecule has 0 saturated carbocycles. The quantitative estimate of drug-likeness (QED) is 0.374. The lowest BCUT2D eigenvalue weighted by atomic mass is 10.1. The molecule has 5 heteroatoms. The Kier molecular flexibility index (Phi) is 5.36. The van der Waals surface area contributed by atoms with Crippen molar-refractivity contribution in [2.24, 2.45) is 0 Å². The summed E-state index contributed by atoms with van der Waals surface area (Å²) in [6, 6.07) is 18.3. The van der Waals surface area contributed by atoms with Crippen LogP contribution in [0.5, 0.6) is 0 Å². The van der Waals surface area contributed by atoms with Crippen molar-refractivity contribution in [2.75, 3.05) is 0 Å². The van der Waals surface area contributed by atoms with Crippen LogP contribution in [0.2, 0.25) is 0 Å². The number of pyridine rings is 1. The summed E-state index contributed by atoms with van der Waals surface area (Å²) < 4.78 is 1.83. The SMILES string of the molecule is CCC(Sc1nc(C)c(C)c(C)c1C#N)C(=O)n1c2ccccc2c2ccccc21. The van der Waals surface area contributed by atoms with Gasteiger partial charge in [-0.3, -0.25) is 9.36 Å². The summed E-state index contributed by atoms with van der Waals surface area (Å²) in [5, 5.41) is 12.1. The molecule has 4 nitrogen and oxygen atoms in total. The van der Waals surface area contributed by atoms with E-state index in [9.17, 15) is 10.1 Å². The van der Waals surface area contributed by atoms with Crippen LogP contribution in [0.25, 0.3) is 21.8 Å². The maximum Gasteiger partial charge on any atom is 0.245 e. The largest absolute Gasteiger partial charge is 0.279 e. The Balaban J connectivity index is 1.83. The molecule has 150 valence electrons. The molecule has 2 aromatic heterocycles. The lowest BCUT2D eigenvalue weighted by molar-refractivity contribution is 0.0919. The maximum atomic E-state index is 13.7. The van der Waals surface area contributed by atoms with Crippen LogP contribution < -0.4 is 0 Å². The summed E-state index contributed by atoms with van der Waals surface area (Å²) >= 11 is 1.40. The number of para-hydroxylation sites is 2. The number of carbonyl (C=O) groups excluding carboxylic acids is 1. The van der Waals surface area contributed by atoms with Crippen LogP contribution in [-0.4, -0.2) is 20.7 Å². The second-order valence-corrected chi connectivity index (χ2v) is 8.65. The van der Waals surface area contributed by atoms with E-state index in [1.54, 1.807) is 0 Å². The predicted molar refractivity (Wildman–Crippen MR) is 123 cm³/mol. The number of aromatic nitrogens is 2. The zero-order chi connectivity index (χ0) is 21.4. The minimum Gasteiger partial charge on any atom is -0.279 e. The molecule has 0 spiro atoms. The van der Waals surface area contributed by atoms with Gasteiger partial charge in [0.25, 0.3) is 0 Å². The van der Waals surface area contributed by atoms with Crippen molar-refractivity contribution in [3.8, 4) is 6.07 Å². The number of nitrogens with zero attached hydrogens (tertiary/aromatic N) is 3. The average molecular weight is 414 g/mol. The molecule has 4 aromatic rings. The Bertz CT molecular complexity index is 1280. The summed E-state index contributed by atoms with van der Waals surface area (Å²) in [6.45, 7) is 7.88. The van der Waals surface area contributed by atoms with Crippen LogP contribution in [0.1, 0.15) is 40.5 Å². The number of benzene rings is 2. The topological polar surface area (TPSA) is 58.7 Å². The minimum atomic E-state index is -0.342. The lowest BCUT2D eigenvalue weighted by Gasteiger charge is -2.18. The molecule has 1 unspecified atom stereocenters. The molecule has 0 N–H and O–H groups in total. The number of hydrogen-bond acceptors (Lipinski definition) is 4. The molecule has 0 bridgehead atoms. The molecule has 30 heavy (non-hydrogen) atoms. The first kappa shape index (κ1) is 20.2. The van der Waals surface area contributed by atoms with Gasteiger partial charge in [0.1, 0.15) is 11.1 Å². The fourth-order valence-electron chi connectivity index (χ4n) is 3.88. The van der Waals surface area contributed by atoms with Crippen LogP contribution in [0.3, 0.4) is 0 Å². The van der Waals surface area contributed by atoms with Gasteiger partial charge in [-0.1, -0.05) is 55.1 Å². The van der Waals surface area contributed by atoms with Gasteiger partial charge in [-0.2, -0.15) is 5.26 Å². The maximum absolute atomic E-state index is 13.7. The molecule has 2 heterocycles. The van der Waals surface area contributed by atoms with E-state index < -0.39 is 0 Å². The predicted octanol–water partition coefficient (Wildman–Crippen LogP) is 6.20. The number of hydrogen-bond donors (Lipinski definition) is 0. The Labute approximate surface area is 180 Å². The molecule has 0 saturated heterocycles. The summed E-state index contributed by atoms with van der Waals surface area (Å²) in [5.74, 6) is 0.0153. The molecular formula is C25H23N3OS.